The van der Waals surface area contributed by atoms with Crippen LogP contribution in [0.5, 0.6) is 0 Å². The average Bonchev–Trinajstić information content (AvgIpc) is 2.62. The second kappa shape index (κ2) is 5.85. The van der Waals surface area contributed by atoms with Gasteiger partial charge in [0.1, 0.15) is 0 Å². The van der Waals surface area contributed by atoms with E-state index in [1.807, 2.05) is 0 Å². The lowest BCUT2D eigenvalue weighted by Crippen LogP contribution is -2.43. The molecule has 0 radical (unpaired) electrons. The summed E-state index contributed by atoms with van der Waals surface area (Å²) in [5.74, 6) is 0. The van der Waals surface area contributed by atoms with Gasteiger partial charge in [-0.2, -0.15) is 0 Å². The van der Waals surface area contributed by atoms with Gasteiger partial charge in [-0.25, -0.2) is 0 Å². The Morgan fingerprint density at radius 3 is 2.36 bits per heavy atom. The van der Waals surface area contributed by atoms with Crippen LogP contribution in [0.2, 0.25) is 0 Å². The van der Waals surface area contributed by atoms with Gasteiger partial charge in [0.2, 0.25) is 0 Å². The van der Waals surface area contributed by atoms with E-state index in [0.29, 0.717) is 0 Å². The molecule has 0 aliphatic carbocycles. The number of fused-ring (bicyclic) bond motifs is 1. The largest absolute Gasteiger partial charge is 0.369 e. The Kier molecular flexibility index (Phi) is 3.57. The highest BCUT2D eigenvalue weighted by atomic mass is 15.2. The van der Waals surface area contributed by atoms with Gasteiger partial charge in [-0.1, -0.05) is 30.4 Å². The number of nitrogens with one attached hydrogen (secondary N) is 1. The lowest BCUT2D eigenvalue weighted by Gasteiger charge is -2.31. The van der Waals surface area contributed by atoms with Crippen molar-refractivity contribution in [3.8, 4) is 0 Å². The third kappa shape index (κ3) is 2.48. The van der Waals surface area contributed by atoms with E-state index in [1.165, 1.54) is 22.6 Å². The zero-order valence-corrected chi connectivity index (χ0v) is 12.7. The molecule has 2 aromatic rings. The van der Waals surface area contributed by atoms with Crippen LogP contribution in [0.15, 0.2) is 54.6 Å². The van der Waals surface area contributed by atoms with Crippen molar-refractivity contribution >= 4 is 23.1 Å². The van der Waals surface area contributed by atoms with Crippen molar-refractivity contribution in [1.29, 1.82) is 0 Å². The van der Waals surface area contributed by atoms with Gasteiger partial charge in [0.25, 0.3) is 0 Å². The van der Waals surface area contributed by atoms with Crippen molar-refractivity contribution in [3.63, 3.8) is 0 Å². The second-order valence-electron chi connectivity index (χ2n) is 5.83. The minimum atomic E-state index is 0.935. The first-order valence-corrected chi connectivity index (χ1v) is 8.01. The van der Waals surface area contributed by atoms with E-state index in [4.69, 9.17) is 0 Å². The maximum Gasteiger partial charge on any atom is 0.0487 e. The normalized spacial score (nSPS) is 17.5. The molecule has 3 nitrogen and oxygen atoms in total. The minimum absolute atomic E-state index is 0.935. The SMILES string of the molecule is C1=Cc2ccccc2N(c2ccc(N3CCNCC3)cc2)C1. The number of anilines is 3. The van der Waals surface area contributed by atoms with Crippen molar-refractivity contribution in [3.05, 3.63) is 60.2 Å². The Morgan fingerprint density at radius 1 is 0.818 bits per heavy atom. The smallest absolute Gasteiger partial charge is 0.0487 e. The molecule has 0 spiro atoms. The highest BCUT2D eigenvalue weighted by Gasteiger charge is 2.15. The summed E-state index contributed by atoms with van der Waals surface area (Å²) in [7, 11) is 0. The lowest BCUT2D eigenvalue weighted by atomic mass is 10.1. The minimum Gasteiger partial charge on any atom is -0.369 e. The van der Waals surface area contributed by atoms with Gasteiger partial charge in [-0.3, -0.25) is 0 Å². The summed E-state index contributed by atoms with van der Waals surface area (Å²) in [6.45, 7) is 5.27. The van der Waals surface area contributed by atoms with Crippen LogP contribution in [0, 0.1) is 0 Å². The van der Waals surface area contributed by atoms with Crippen LogP contribution in [0.4, 0.5) is 17.1 Å². The van der Waals surface area contributed by atoms with Crippen molar-refractivity contribution in [1.82, 2.24) is 5.32 Å². The number of nitrogens with zero attached hydrogens (tertiary/aromatic N) is 2. The van der Waals surface area contributed by atoms with Crippen LogP contribution in [0.25, 0.3) is 6.08 Å². The molecule has 0 unspecified atom stereocenters. The Morgan fingerprint density at radius 2 is 1.55 bits per heavy atom. The molecule has 0 amide bonds. The third-order valence-electron chi connectivity index (χ3n) is 4.46. The molecule has 1 saturated heterocycles. The predicted molar refractivity (Wildman–Crippen MR) is 94.0 cm³/mol. The van der Waals surface area contributed by atoms with Gasteiger partial charge >= 0.3 is 0 Å². The molecular formula is C19H21N3. The molecule has 2 heterocycles. The maximum absolute atomic E-state index is 3.40. The number of benzene rings is 2. The first-order valence-electron chi connectivity index (χ1n) is 8.01. The zero-order chi connectivity index (χ0) is 14.8. The summed E-state index contributed by atoms with van der Waals surface area (Å²) in [4.78, 5) is 4.82. The standard InChI is InChI=1S/C19H21N3/c1-2-6-19-16(4-1)5-3-13-22(19)18-9-7-17(8-10-18)21-14-11-20-12-15-21/h1-10,20H,11-15H2. The van der Waals surface area contributed by atoms with E-state index in [-0.39, 0.29) is 0 Å². The van der Waals surface area contributed by atoms with E-state index in [0.717, 1.165) is 32.7 Å². The fraction of sp³-hybridized carbons (Fsp3) is 0.263. The van der Waals surface area contributed by atoms with Crippen molar-refractivity contribution in [2.24, 2.45) is 0 Å². The van der Waals surface area contributed by atoms with Gasteiger partial charge in [-0.05, 0) is 35.9 Å². The fourth-order valence-electron chi connectivity index (χ4n) is 3.27. The Bertz CT molecular complexity index is 669. The van der Waals surface area contributed by atoms with E-state index in [1.54, 1.807) is 0 Å². The zero-order valence-electron chi connectivity index (χ0n) is 12.7. The monoisotopic (exact) mass is 291 g/mol. The number of rotatable bonds is 2. The van der Waals surface area contributed by atoms with Gasteiger partial charge in [-0.15, -0.1) is 0 Å². The molecule has 0 aromatic heterocycles. The number of para-hydroxylation sites is 1. The van der Waals surface area contributed by atoms with Gasteiger partial charge < -0.3 is 15.1 Å². The van der Waals surface area contributed by atoms with Crippen LogP contribution in [0.1, 0.15) is 5.56 Å². The Labute approximate surface area is 131 Å². The Balaban J connectivity index is 1.60. The maximum atomic E-state index is 3.40. The fourth-order valence-corrected chi connectivity index (χ4v) is 3.27. The molecule has 22 heavy (non-hydrogen) atoms. The number of hydrogen-bond donors (Lipinski definition) is 1. The quantitative estimate of drug-likeness (QED) is 0.916. The first kappa shape index (κ1) is 13.4. The van der Waals surface area contributed by atoms with E-state index in [2.05, 4.69) is 75.8 Å². The molecule has 4 rings (SSSR count). The summed E-state index contributed by atoms with van der Waals surface area (Å²) in [5, 5.41) is 3.40. The third-order valence-corrected chi connectivity index (χ3v) is 4.46. The van der Waals surface area contributed by atoms with Gasteiger partial charge in [0.15, 0.2) is 0 Å². The summed E-state index contributed by atoms with van der Waals surface area (Å²) in [6.07, 6.45) is 4.44. The molecule has 2 aliphatic rings. The molecule has 112 valence electrons. The van der Waals surface area contributed by atoms with Crippen LogP contribution < -0.4 is 15.1 Å². The summed E-state index contributed by atoms with van der Waals surface area (Å²) < 4.78 is 0. The summed E-state index contributed by atoms with van der Waals surface area (Å²) >= 11 is 0. The highest BCUT2D eigenvalue weighted by Crippen LogP contribution is 2.33. The van der Waals surface area contributed by atoms with E-state index >= 15 is 0 Å². The van der Waals surface area contributed by atoms with Crippen LogP contribution in [-0.2, 0) is 0 Å². The van der Waals surface area contributed by atoms with E-state index in [9.17, 15) is 0 Å². The molecule has 2 aromatic carbocycles. The first-order chi connectivity index (χ1) is 10.9. The summed E-state index contributed by atoms with van der Waals surface area (Å²) in [5.41, 5.74) is 5.17. The van der Waals surface area contributed by atoms with Gasteiger partial charge in [0, 0.05) is 49.8 Å². The molecule has 0 saturated carbocycles. The Hall–Kier alpha value is -2.26. The molecule has 1 N–H and O–H groups in total. The van der Waals surface area contributed by atoms with Crippen molar-refractivity contribution < 1.29 is 0 Å². The van der Waals surface area contributed by atoms with Gasteiger partial charge in [0.05, 0.1) is 0 Å². The average molecular weight is 291 g/mol. The van der Waals surface area contributed by atoms with Crippen molar-refractivity contribution in [2.75, 3.05) is 42.5 Å². The molecule has 1 fully saturated rings. The molecular weight excluding hydrogens is 270 g/mol. The number of piperazine rings is 1. The molecule has 0 atom stereocenters. The highest BCUT2D eigenvalue weighted by molar-refractivity contribution is 5.77. The summed E-state index contributed by atoms with van der Waals surface area (Å²) in [6, 6.07) is 17.6. The van der Waals surface area contributed by atoms with Crippen LogP contribution in [0.3, 0.4) is 0 Å². The van der Waals surface area contributed by atoms with Crippen molar-refractivity contribution in [2.45, 2.75) is 0 Å². The molecule has 2 aliphatic heterocycles. The number of hydrogen-bond acceptors (Lipinski definition) is 3. The lowest BCUT2D eigenvalue weighted by molar-refractivity contribution is 0.589. The van der Waals surface area contributed by atoms with Crippen LogP contribution >= 0.6 is 0 Å². The predicted octanol–water partition coefficient (Wildman–Crippen LogP) is 3.26. The molecule has 0 bridgehead atoms. The second-order valence-corrected chi connectivity index (χ2v) is 5.83. The topological polar surface area (TPSA) is 18.5 Å². The van der Waals surface area contributed by atoms with E-state index < -0.39 is 0 Å². The molecule has 3 heteroatoms. The van der Waals surface area contributed by atoms with Crippen LogP contribution in [-0.4, -0.2) is 32.7 Å².